The minimum absolute atomic E-state index is 0.276. The summed E-state index contributed by atoms with van der Waals surface area (Å²) in [6, 6.07) is 9.06. The molecule has 1 aliphatic heterocycles. The molecule has 1 unspecified atom stereocenters. The van der Waals surface area contributed by atoms with Crippen LogP contribution in [0.1, 0.15) is 11.8 Å². The fraction of sp³-hybridized carbons (Fsp3) is 0.333. The second-order valence-electron chi connectivity index (χ2n) is 5.27. The molecule has 1 atom stereocenters. The lowest BCUT2D eigenvalue weighted by Gasteiger charge is -2.32. The molecular weight excluding hydrogens is 270 g/mol. The summed E-state index contributed by atoms with van der Waals surface area (Å²) in [7, 11) is 1.62. The van der Waals surface area contributed by atoms with Gasteiger partial charge in [-0.25, -0.2) is 0 Å². The number of nitrogens with zero attached hydrogens (tertiary/aromatic N) is 2. The predicted molar refractivity (Wildman–Crippen MR) is 77.4 cm³/mol. The normalized spacial score (nSPS) is 17.6. The van der Waals surface area contributed by atoms with Crippen molar-refractivity contribution in [1.29, 1.82) is 0 Å². The Morgan fingerprint density at radius 2 is 2.00 bits per heavy atom. The van der Waals surface area contributed by atoms with Crippen molar-refractivity contribution in [2.75, 3.05) is 26.7 Å². The number of likely N-dealkylation sites (N-methyl/N-ethyl adjacent to an activating group) is 1. The number of hydrogen-bond acceptors (Lipinski definition) is 4. The molecular formula is C15H17N3O3. The quantitative estimate of drug-likeness (QED) is 0.844. The third-order valence-corrected chi connectivity index (χ3v) is 3.75. The first-order valence-corrected chi connectivity index (χ1v) is 6.84. The third kappa shape index (κ3) is 2.50. The van der Waals surface area contributed by atoms with Crippen molar-refractivity contribution >= 4 is 22.8 Å². The SMILES string of the molecule is CN1CCN(CC(N)c2cc3ccccc3o2)C(=O)C1=O. The van der Waals surface area contributed by atoms with Crippen LogP contribution in [0.2, 0.25) is 0 Å². The van der Waals surface area contributed by atoms with Crippen molar-refractivity contribution in [2.45, 2.75) is 6.04 Å². The Morgan fingerprint density at radius 3 is 2.76 bits per heavy atom. The molecule has 1 fully saturated rings. The van der Waals surface area contributed by atoms with E-state index in [1.807, 2.05) is 30.3 Å². The zero-order valence-electron chi connectivity index (χ0n) is 11.8. The van der Waals surface area contributed by atoms with Crippen LogP contribution in [0.3, 0.4) is 0 Å². The standard InChI is InChI=1S/C15H17N3O3/c1-17-6-7-18(15(20)14(17)19)9-11(16)13-8-10-4-2-3-5-12(10)21-13/h2-5,8,11H,6-7,9,16H2,1H3. The van der Waals surface area contributed by atoms with Gasteiger partial charge in [0.15, 0.2) is 0 Å². The van der Waals surface area contributed by atoms with Gasteiger partial charge in [-0.2, -0.15) is 0 Å². The van der Waals surface area contributed by atoms with Gasteiger partial charge >= 0.3 is 11.8 Å². The summed E-state index contributed by atoms with van der Waals surface area (Å²) in [4.78, 5) is 26.5. The summed E-state index contributed by atoms with van der Waals surface area (Å²) < 4.78 is 5.70. The molecule has 2 N–H and O–H groups in total. The number of hydrogen-bond donors (Lipinski definition) is 1. The molecule has 0 bridgehead atoms. The van der Waals surface area contributed by atoms with E-state index < -0.39 is 17.9 Å². The summed E-state index contributed by atoms with van der Waals surface area (Å²) in [5.74, 6) is -0.372. The second kappa shape index (κ2) is 5.21. The topological polar surface area (TPSA) is 79.8 Å². The van der Waals surface area contributed by atoms with Crippen LogP contribution in [0.4, 0.5) is 0 Å². The van der Waals surface area contributed by atoms with E-state index in [4.69, 9.17) is 10.2 Å². The average molecular weight is 287 g/mol. The maximum Gasteiger partial charge on any atom is 0.312 e. The lowest BCUT2D eigenvalue weighted by Crippen LogP contribution is -2.54. The summed E-state index contributed by atoms with van der Waals surface area (Å²) in [5, 5.41) is 0.976. The Balaban J connectivity index is 1.75. The van der Waals surface area contributed by atoms with Gasteiger partial charge in [-0.1, -0.05) is 18.2 Å². The number of amides is 2. The predicted octanol–water partition coefficient (Wildman–Crippen LogP) is 0.733. The van der Waals surface area contributed by atoms with E-state index in [9.17, 15) is 9.59 Å². The van der Waals surface area contributed by atoms with E-state index in [1.54, 1.807) is 7.05 Å². The molecule has 0 aliphatic carbocycles. The van der Waals surface area contributed by atoms with Crippen LogP contribution in [-0.4, -0.2) is 48.3 Å². The van der Waals surface area contributed by atoms with Crippen LogP contribution in [0.25, 0.3) is 11.0 Å². The maximum absolute atomic E-state index is 11.9. The summed E-state index contributed by atoms with van der Waals surface area (Å²) >= 11 is 0. The number of benzene rings is 1. The Bertz CT molecular complexity index is 661. The van der Waals surface area contributed by atoms with Crippen LogP contribution in [0, 0.1) is 0 Å². The second-order valence-corrected chi connectivity index (χ2v) is 5.27. The summed E-state index contributed by atoms with van der Waals surface area (Å²) in [5.41, 5.74) is 6.89. The number of piperazine rings is 1. The van der Waals surface area contributed by atoms with E-state index in [1.165, 1.54) is 9.80 Å². The highest BCUT2D eigenvalue weighted by molar-refractivity contribution is 6.35. The van der Waals surface area contributed by atoms with Gasteiger partial charge in [0.25, 0.3) is 0 Å². The van der Waals surface area contributed by atoms with Crippen LogP contribution in [0.5, 0.6) is 0 Å². The smallest absolute Gasteiger partial charge is 0.312 e. The minimum atomic E-state index is -0.504. The summed E-state index contributed by atoms with van der Waals surface area (Å²) in [6.45, 7) is 1.30. The lowest BCUT2D eigenvalue weighted by molar-refractivity contribution is -0.155. The Morgan fingerprint density at radius 1 is 1.24 bits per heavy atom. The molecule has 1 aliphatic rings. The van der Waals surface area contributed by atoms with Crippen LogP contribution in [0.15, 0.2) is 34.7 Å². The van der Waals surface area contributed by atoms with Crippen LogP contribution >= 0.6 is 0 Å². The van der Waals surface area contributed by atoms with Crippen molar-refractivity contribution in [3.8, 4) is 0 Å². The molecule has 0 spiro atoms. The van der Waals surface area contributed by atoms with Gasteiger partial charge in [-0.3, -0.25) is 9.59 Å². The Hall–Kier alpha value is -2.34. The van der Waals surface area contributed by atoms with Crippen molar-refractivity contribution < 1.29 is 14.0 Å². The van der Waals surface area contributed by atoms with Gasteiger partial charge in [0.05, 0.1) is 6.04 Å². The summed E-state index contributed by atoms with van der Waals surface area (Å²) in [6.07, 6.45) is 0. The highest BCUT2D eigenvalue weighted by Gasteiger charge is 2.31. The third-order valence-electron chi connectivity index (χ3n) is 3.75. The number of rotatable bonds is 3. The number of nitrogens with two attached hydrogens (primary N) is 1. The molecule has 6 heteroatoms. The first kappa shape index (κ1) is 13.6. The molecule has 2 heterocycles. The van der Waals surface area contributed by atoms with Gasteiger partial charge < -0.3 is 20.0 Å². The molecule has 3 rings (SSSR count). The fourth-order valence-electron chi connectivity index (χ4n) is 2.46. The Kier molecular flexibility index (Phi) is 3.39. The zero-order chi connectivity index (χ0) is 15.0. The molecule has 1 saturated heterocycles. The molecule has 6 nitrogen and oxygen atoms in total. The Labute approximate surface area is 122 Å². The highest BCUT2D eigenvalue weighted by Crippen LogP contribution is 2.23. The molecule has 1 aromatic carbocycles. The van der Waals surface area contributed by atoms with Gasteiger partial charge in [0.1, 0.15) is 11.3 Å². The van der Waals surface area contributed by atoms with Crippen LogP contribution in [-0.2, 0) is 9.59 Å². The minimum Gasteiger partial charge on any atom is -0.459 e. The van der Waals surface area contributed by atoms with E-state index in [2.05, 4.69) is 0 Å². The molecule has 0 radical (unpaired) electrons. The van der Waals surface area contributed by atoms with E-state index in [0.717, 1.165) is 11.0 Å². The van der Waals surface area contributed by atoms with Crippen LogP contribution < -0.4 is 5.73 Å². The maximum atomic E-state index is 11.9. The molecule has 2 aromatic rings. The zero-order valence-corrected chi connectivity index (χ0v) is 11.8. The molecule has 21 heavy (non-hydrogen) atoms. The molecule has 1 aromatic heterocycles. The van der Waals surface area contributed by atoms with E-state index >= 15 is 0 Å². The van der Waals surface area contributed by atoms with Crippen molar-refractivity contribution in [2.24, 2.45) is 5.73 Å². The van der Waals surface area contributed by atoms with Crippen molar-refractivity contribution in [3.05, 3.63) is 36.1 Å². The fourth-order valence-corrected chi connectivity index (χ4v) is 2.46. The van der Waals surface area contributed by atoms with E-state index in [0.29, 0.717) is 18.8 Å². The largest absolute Gasteiger partial charge is 0.459 e. The van der Waals surface area contributed by atoms with E-state index in [-0.39, 0.29) is 6.54 Å². The molecule has 110 valence electrons. The number of carbonyl (C=O) groups is 2. The van der Waals surface area contributed by atoms with Gasteiger partial charge in [-0.15, -0.1) is 0 Å². The lowest BCUT2D eigenvalue weighted by atomic mass is 10.2. The van der Waals surface area contributed by atoms with Crippen molar-refractivity contribution in [3.63, 3.8) is 0 Å². The first-order valence-electron chi connectivity index (χ1n) is 6.84. The monoisotopic (exact) mass is 287 g/mol. The van der Waals surface area contributed by atoms with Crippen molar-refractivity contribution in [1.82, 2.24) is 9.80 Å². The first-order chi connectivity index (χ1) is 10.1. The average Bonchev–Trinajstić information content (AvgIpc) is 2.92. The molecule has 0 saturated carbocycles. The number of para-hydroxylation sites is 1. The number of carbonyl (C=O) groups excluding carboxylic acids is 2. The number of furan rings is 1. The van der Waals surface area contributed by atoms with Gasteiger partial charge in [0.2, 0.25) is 0 Å². The van der Waals surface area contributed by atoms with Gasteiger partial charge in [-0.05, 0) is 12.1 Å². The number of fused-ring (bicyclic) bond motifs is 1. The highest BCUT2D eigenvalue weighted by atomic mass is 16.3. The molecule has 2 amide bonds. The van der Waals surface area contributed by atoms with Gasteiger partial charge in [0, 0.05) is 32.1 Å².